The molecular formula is C13H17FN2. The number of nitrogens with one attached hydrogen (secondary N) is 1. The molecule has 1 aliphatic rings. The van der Waals surface area contributed by atoms with E-state index in [1.807, 2.05) is 6.07 Å². The number of hydrazine groups is 1. The lowest BCUT2D eigenvalue weighted by Gasteiger charge is -2.23. The third kappa shape index (κ3) is 2.49. The molecule has 0 spiro atoms. The van der Waals surface area contributed by atoms with E-state index in [-0.39, 0.29) is 11.9 Å². The van der Waals surface area contributed by atoms with Gasteiger partial charge in [0.05, 0.1) is 6.04 Å². The Labute approximate surface area is 95.3 Å². The van der Waals surface area contributed by atoms with Gasteiger partial charge in [-0.15, -0.1) is 0 Å². The quantitative estimate of drug-likeness (QED) is 0.467. The van der Waals surface area contributed by atoms with E-state index in [0.29, 0.717) is 0 Å². The highest BCUT2D eigenvalue weighted by molar-refractivity contribution is 5.29. The van der Waals surface area contributed by atoms with Crippen LogP contribution in [0.2, 0.25) is 0 Å². The molecule has 1 aliphatic carbocycles. The average Bonchev–Trinajstić information content (AvgIpc) is 2.31. The third-order valence-electron chi connectivity index (χ3n) is 3.05. The smallest absolute Gasteiger partial charge is 0.123 e. The Bertz CT molecular complexity index is 387. The lowest BCUT2D eigenvalue weighted by atomic mass is 9.90. The second-order valence-corrected chi connectivity index (χ2v) is 4.18. The Morgan fingerprint density at radius 3 is 2.81 bits per heavy atom. The predicted octanol–water partition coefficient (Wildman–Crippen LogP) is 2.83. The first kappa shape index (κ1) is 11.3. The zero-order valence-electron chi connectivity index (χ0n) is 9.25. The normalized spacial score (nSPS) is 18.0. The molecule has 1 aromatic carbocycles. The number of hydrogen-bond donors (Lipinski definition) is 2. The summed E-state index contributed by atoms with van der Waals surface area (Å²) >= 11 is 0. The Morgan fingerprint density at radius 1 is 1.31 bits per heavy atom. The Balaban J connectivity index is 2.25. The molecule has 1 atom stereocenters. The van der Waals surface area contributed by atoms with Crippen LogP contribution in [0.5, 0.6) is 0 Å². The Hall–Kier alpha value is -1.19. The van der Waals surface area contributed by atoms with E-state index >= 15 is 0 Å². The van der Waals surface area contributed by atoms with Crippen molar-refractivity contribution in [2.24, 2.45) is 5.84 Å². The van der Waals surface area contributed by atoms with Crippen LogP contribution < -0.4 is 11.3 Å². The molecule has 2 nitrogen and oxygen atoms in total. The van der Waals surface area contributed by atoms with Gasteiger partial charge in [0.1, 0.15) is 5.82 Å². The molecule has 0 aliphatic heterocycles. The fourth-order valence-electron chi connectivity index (χ4n) is 2.23. The van der Waals surface area contributed by atoms with Crippen molar-refractivity contribution in [1.29, 1.82) is 0 Å². The van der Waals surface area contributed by atoms with Gasteiger partial charge < -0.3 is 0 Å². The molecule has 0 radical (unpaired) electrons. The van der Waals surface area contributed by atoms with E-state index in [1.54, 1.807) is 12.1 Å². The van der Waals surface area contributed by atoms with Crippen LogP contribution in [0.25, 0.3) is 0 Å². The van der Waals surface area contributed by atoms with Crippen molar-refractivity contribution in [1.82, 2.24) is 5.43 Å². The number of allylic oxidation sites excluding steroid dienone is 1. The molecule has 0 amide bonds. The molecule has 1 aromatic rings. The number of hydrogen-bond acceptors (Lipinski definition) is 2. The number of halogens is 1. The van der Waals surface area contributed by atoms with Gasteiger partial charge in [-0.25, -0.2) is 9.82 Å². The maximum absolute atomic E-state index is 13.1. The molecule has 86 valence electrons. The maximum Gasteiger partial charge on any atom is 0.123 e. The number of rotatable bonds is 3. The van der Waals surface area contributed by atoms with Crippen molar-refractivity contribution in [2.45, 2.75) is 31.7 Å². The Kier molecular flexibility index (Phi) is 3.70. The lowest BCUT2D eigenvalue weighted by Crippen LogP contribution is -2.30. The topological polar surface area (TPSA) is 38.0 Å². The largest absolute Gasteiger partial charge is 0.271 e. The Morgan fingerprint density at radius 2 is 2.19 bits per heavy atom. The van der Waals surface area contributed by atoms with Crippen molar-refractivity contribution < 1.29 is 4.39 Å². The highest BCUT2D eigenvalue weighted by Gasteiger charge is 2.16. The molecule has 0 aromatic heterocycles. The minimum absolute atomic E-state index is 0.0454. The zero-order valence-corrected chi connectivity index (χ0v) is 9.25. The zero-order chi connectivity index (χ0) is 11.4. The maximum atomic E-state index is 13.1. The molecule has 0 fully saturated rings. The summed E-state index contributed by atoms with van der Waals surface area (Å²) in [4.78, 5) is 0. The minimum atomic E-state index is -0.214. The van der Waals surface area contributed by atoms with Gasteiger partial charge in [0, 0.05) is 0 Å². The van der Waals surface area contributed by atoms with Crippen LogP contribution in [0.4, 0.5) is 4.39 Å². The predicted molar refractivity (Wildman–Crippen MR) is 63.0 cm³/mol. The standard InChI is InChI=1S/C13H17FN2/c14-12-8-4-7-11(9-12)13(16-15)10-5-2-1-3-6-10/h4-5,7-9,13,16H,1-3,6,15H2. The highest BCUT2D eigenvalue weighted by Crippen LogP contribution is 2.29. The van der Waals surface area contributed by atoms with Gasteiger partial charge in [0.25, 0.3) is 0 Å². The fourth-order valence-corrected chi connectivity index (χ4v) is 2.23. The summed E-state index contributed by atoms with van der Waals surface area (Å²) in [7, 11) is 0. The van der Waals surface area contributed by atoms with Gasteiger partial charge in [-0.05, 0) is 43.4 Å². The van der Waals surface area contributed by atoms with Gasteiger partial charge in [0.15, 0.2) is 0 Å². The SMILES string of the molecule is NNC(C1=CCCCC1)c1cccc(F)c1. The molecule has 16 heavy (non-hydrogen) atoms. The summed E-state index contributed by atoms with van der Waals surface area (Å²) in [6.45, 7) is 0. The summed E-state index contributed by atoms with van der Waals surface area (Å²) in [6, 6.07) is 6.57. The van der Waals surface area contributed by atoms with Crippen LogP contribution in [0.1, 0.15) is 37.3 Å². The molecule has 0 bridgehead atoms. The minimum Gasteiger partial charge on any atom is -0.271 e. The van der Waals surface area contributed by atoms with E-state index in [9.17, 15) is 4.39 Å². The first-order valence-electron chi connectivity index (χ1n) is 5.72. The molecule has 3 heteroatoms. The van der Waals surface area contributed by atoms with Gasteiger partial charge in [-0.2, -0.15) is 0 Å². The summed E-state index contributed by atoms with van der Waals surface area (Å²) < 4.78 is 13.1. The van der Waals surface area contributed by atoms with E-state index in [4.69, 9.17) is 5.84 Å². The van der Waals surface area contributed by atoms with Crippen LogP contribution in [0.3, 0.4) is 0 Å². The summed E-state index contributed by atoms with van der Waals surface area (Å²) in [5.41, 5.74) is 4.96. The molecule has 0 saturated carbocycles. The van der Waals surface area contributed by atoms with Crippen molar-refractivity contribution in [3.63, 3.8) is 0 Å². The van der Waals surface area contributed by atoms with Gasteiger partial charge in [0.2, 0.25) is 0 Å². The summed E-state index contributed by atoms with van der Waals surface area (Å²) in [5.74, 6) is 5.36. The first-order chi connectivity index (χ1) is 7.81. The van der Waals surface area contributed by atoms with Crippen molar-refractivity contribution in [3.8, 4) is 0 Å². The van der Waals surface area contributed by atoms with E-state index in [0.717, 1.165) is 18.4 Å². The van der Waals surface area contributed by atoms with Crippen LogP contribution in [-0.2, 0) is 0 Å². The molecular weight excluding hydrogens is 203 g/mol. The van der Waals surface area contributed by atoms with Gasteiger partial charge >= 0.3 is 0 Å². The summed E-state index contributed by atoms with van der Waals surface area (Å²) in [6.07, 6.45) is 6.80. The summed E-state index contributed by atoms with van der Waals surface area (Å²) in [5, 5.41) is 0. The highest BCUT2D eigenvalue weighted by atomic mass is 19.1. The number of benzene rings is 1. The van der Waals surface area contributed by atoms with Crippen molar-refractivity contribution >= 4 is 0 Å². The monoisotopic (exact) mass is 220 g/mol. The van der Waals surface area contributed by atoms with E-state index < -0.39 is 0 Å². The average molecular weight is 220 g/mol. The van der Waals surface area contributed by atoms with Crippen LogP contribution in [-0.4, -0.2) is 0 Å². The number of nitrogens with two attached hydrogens (primary N) is 1. The van der Waals surface area contributed by atoms with Crippen molar-refractivity contribution in [3.05, 3.63) is 47.3 Å². The third-order valence-corrected chi connectivity index (χ3v) is 3.05. The van der Waals surface area contributed by atoms with E-state index in [1.165, 1.54) is 24.5 Å². The van der Waals surface area contributed by atoms with Crippen LogP contribution >= 0.6 is 0 Å². The molecule has 3 N–H and O–H groups in total. The first-order valence-corrected chi connectivity index (χ1v) is 5.72. The fraction of sp³-hybridized carbons (Fsp3) is 0.385. The van der Waals surface area contributed by atoms with Gasteiger partial charge in [-0.3, -0.25) is 5.84 Å². The molecule has 1 unspecified atom stereocenters. The second-order valence-electron chi connectivity index (χ2n) is 4.18. The van der Waals surface area contributed by atoms with Crippen molar-refractivity contribution in [2.75, 3.05) is 0 Å². The molecule has 0 saturated heterocycles. The second kappa shape index (κ2) is 5.23. The van der Waals surface area contributed by atoms with Crippen LogP contribution in [0, 0.1) is 5.82 Å². The van der Waals surface area contributed by atoms with Crippen LogP contribution in [0.15, 0.2) is 35.9 Å². The van der Waals surface area contributed by atoms with E-state index in [2.05, 4.69) is 11.5 Å². The molecule has 2 rings (SSSR count). The molecule has 0 heterocycles. The lowest BCUT2D eigenvalue weighted by molar-refractivity contribution is 0.559. The van der Waals surface area contributed by atoms with Gasteiger partial charge in [-0.1, -0.05) is 23.8 Å².